The molecule has 1 saturated heterocycles. The first kappa shape index (κ1) is 16.6. The van der Waals surface area contributed by atoms with Gasteiger partial charge in [-0.1, -0.05) is 0 Å². The second kappa shape index (κ2) is 6.71. The number of nitrogens with zero attached hydrogens (tertiary/aromatic N) is 3. The zero-order chi connectivity index (χ0) is 17.3. The molecule has 24 heavy (non-hydrogen) atoms. The quantitative estimate of drug-likeness (QED) is 0.863. The lowest BCUT2D eigenvalue weighted by Gasteiger charge is -2.25. The molecular formula is C18H21F2N3O. The lowest BCUT2D eigenvalue weighted by atomic mass is 10.1. The number of hydrogen-bond donors (Lipinski definition) is 0. The molecule has 1 amide bonds. The van der Waals surface area contributed by atoms with E-state index in [4.69, 9.17) is 0 Å². The zero-order valence-electron chi connectivity index (χ0n) is 13.9. The van der Waals surface area contributed by atoms with Crippen molar-refractivity contribution < 1.29 is 13.6 Å². The third kappa shape index (κ3) is 3.32. The maximum atomic E-state index is 14.0. The first-order valence-electron chi connectivity index (χ1n) is 8.17. The van der Waals surface area contributed by atoms with Crippen molar-refractivity contribution in [2.75, 3.05) is 6.54 Å². The number of benzene rings is 1. The fraction of sp³-hybridized carbons (Fsp3) is 0.444. The fourth-order valence-corrected chi connectivity index (χ4v) is 3.26. The van der Waals surface area contributed by atoms with E-state index < -0.39 is 11.6 Å². The van der Waals surface area contributed by atoms with E-state index in [-0.39, 0.29) is 29.5 Å². The smallest absolute Gasteiger partial charge is 0.227 e. The standard InChI is InChI=1S/C18H21F2N3O/c1-12-8-17(20)14(9-16(12)19)10-18(24)23-6-3-4-15(23)11-22-7-5-21-13(22)2/h5,7-9,15H,3-4,6,10-11H2,1-2H3. The summed E-state index contributed by atoms with van der Waals surface area (Å²) in [7, 11) is 0. The van der Waals surface area contributed by atoms with Gasteiger partial charge in [0.25, 0.3) is 0 Å². The van der Waals surface area contributed by atoms with Gasteiger partial charge in [0.15, 0.2) is 0 Å². The van der Waals surface area contributed by atoms with E-state index in [2.05, 4.69) is 4.98 Å². The summed E-state index contributed by atoms with van der Waals surface area (Å²) in [6.07, 6.45) is 5.36. The van der Waals surface area contributed by atoms with Crippen LogP contribution in [0.2, 0.25) is 0 Å². The van der Waals surface area contributed by atoms with Crippen LogP contribution in [0.15, 0.2) is 24.5 Å². The van der Waals surface area contributed by atoms with Gasteiger partial charge in [-0.25, -0.2) is 13.8 Å². The normalized spacial score (nSPS) is 17.5. The number of aromatic nitrogens is 2. The molecule has 0 saturated carbocycles. The Morgan fingerprint density at radius 3 is 2.79 bits per heavy atom. The molecule has 2 heterocycles. The zero-order valence-corrected chi connectivity index (χ0v) is 13.9. The summed E-state index contributed by atoms with van der Waals surface area (Å²) >= 11 is 0. The molecule has 2 aromatic rings. The van der Waals surface area contributed by atoms with E-state index in [1.165, 1.54) is 6.92 Å². The van der Waals surface area contributed by atoms with Crippen molar-refractivity contribution in [1.29, 1.82) is 0 Å². The van der Waals surface area contributed by atoms with Crippen LogP contribution in [0.5, 0.6) is 0 Å². The van der Waals surface area contributed by atoms with Gasteiger partial charge in [0.1, 0.15) is 17.5 Å². The molecule has 0 N–H and O–H groups in total. The number of aryl methyl sites for hydroxylation is 2. The van der Waals surface area contributed by atoms with E-state index >= 15 is 0 Å². The Morgan fingerprint density at radius 1 is 1.29 bits per heavy atom. The number of likely N-dealkylation sites (tertiary alicyclic amines) is 1. The molecule has 1 aliphatic heterocycles. The van der Waals surface area contributed by atoms with Gasteiger partial charge in [0.05, 0.1) is 6.42 Å². The summed E-state index contributed by atoms with van der Waals surface area (Å²) in [4.78, 5) is 18.6. The highest BCUT2D eigenvalue weighted by Gasteiger charge is 2.29. The number of halogens is 2. The van der Waals surface area contributed by atoms with Crippen molar-refractivity contribution in [3.05, 3.63) is 53.1 Å². The summed E-state index contributed by atoms with van der Waals surface area (Å²) in [5.74, 6) is -0.256. The second-order valence-electron chi connectivity index (χ2n) is 6.38. The van der Waals surface area contributed by atoms with Crippen LogP contribution >= 0.6 is 0 Å². The predicted molar refractivity (Wildman–Crippen MR) is 86.5 cm³/mol. The van der Waals surface area contributed by atoms with Crippen LogP contribution in [-0.4, -0.2) is 32.9 Å². The van der Waals surface area contributed by atoms with Crippen LogP contribution in [0, 0.1) is 25.5 Å². The molecule has 1 aliphatic rings. The summed E-state index contributed by atoms with van der Waals surface area (Å²) in [5, 5.41) is 0. The van der Waals surface area contributed by atoms with Crippen molar-refractivity contribution in [3.8, 4) is 0 Å². The molecular weight excluding hydrogens is 312 g/mol. The molecule has 0 spiro atoms. The van der Waals surface area contributed by atoms with E-state index in [1.807, 2.05) is 17.7 Å². The van der Waals surface area contributed by atoms with E-state index in [9.17, 15) is 13.6 Å². The van der Waals surface area contributed by atoms with Crippen molar-refractivity contribution in [3.63, 3.8) is 0 Å². The van der Waals surface area contributed by atoms with Gasteiger partial charge < -0.3 is 9.47 Å². The van der Waals surface area contributed by atoms with Crippen molar-refractivity contribution in [2.24, 2.45) is 0 Å². The Kier molecular flexibility index (Phi) is 4.64. The molecule has 6 heteroatoms. The monoisotopic (exact) mass is 333 g/mol. The Bertz CT molecular complexity index is 757. The van der Waals surface area contributed by atoms with Gasteiger partial charge in [0.2, 0.25) is 5.91 Å². The molecule has 4 nitrogen and oxygen atoms in total. The SMILES string of the molecule is Cc1cc(F)c(CC(=O)N2CCCC2Cn2ccnc2C)cc1F. The number of imidazole rings is 1. The number of rotatable bonds is 4. The lowest BCUT2D eigenvalue weighted by molar-refractivity contribution is -0.131. The van der Waals surface area contributed by atoms with Gasteiger partial charge in [-0.2, -0.15) is 0 Å². The average Bonchev–Trinajstić information content (AvgIpc) is 3.15. The summed E-state index contributed by atoms with van der Waals surface area (Å²) in [6.45, 7) is 4.77. The van der Waals surface area contributed by atoms with Gasteiger partial charge in [-0.3, -0.25) is 4.79 Å². The Balaban J connectivity index is 1.72. The summed E-state index contributed by atoms with van der Waals surface area (Å²) in [6, 6.07) is 2.35. The third-order valence-corrected chi connectivity index (χ3v) is 4.70. The minimum absolute atomic E-state index is 0.0729. The molecule has 1 atom stereocenters. The average molecular weight is 333 g/mol. The largest absolute Gasteiger partial charge is 0.338 e. The van der Waals surface area contributed by atoms with Crippen LogP contribution in [0.25, 0.3) is 0 Å². The third-order valence-electron chi connectivity index (χ3n) is 4.70. The van der Waals surface area contributed by atoms with E-state index in [1.54, 1.807) is 11.1 Å². The van der Waals surface area contributed by atoms with Crippen LogP contribution in [-0.2, 0) is 17.8 Å². The highest BCUT2D eigenvalue weighted by molar-refractivity contribution is 5.79. The minimum Gasteiger partial charge on any atom is -0.338 e. The Hall–Kier alpha value is -2.24. The van der Waals surface area contributed by atoms with Gasteiger partial charge in [0, 0.05) is 37.1 Å². The number of carbonyl (C=O) groups excluding carboxylic acids is 1. The topological polar surface area (TPSA) is 38.1 Å². The predicted octanol–water partition coefficient (Wildman–Crippen LogP) is 3.01. The maximum Gasteiger partial charge on any atom is 0.227 e. The van der Waals surface area contributed by atoms with Crippen LogP contribution < -0.4 is 0 Å². The molecule has 1 fully saturated rings. The maximum absolute atomic E-state index is 14.0. The first-order valence-corrected chi connectivity index (χ1v) is 8.17. The summed E-state index contributed by atoms with van der Waals surface area (Å²) < 4.78 is 29.7. The number of carbonyl (C=O) groups is 1. The number of amides is 1. The Labute approximate surface area is 140 Å². The van der Waals surface area contributed by atoms with Crippen molar-refractivity contribution in [1.82, 2.24) is 14.5 Å². The second-order valence-corrected chi connectivity index (χ2v) is 6.38. The van der Waals surface area contributed by atoms with Crippen molar-refractivity contribution in [2.45, 2.75) is 45.7 Å². The molecule has 0 bridgehead atoms. The molecule has 0 aliphatic carbocycles. The van der Waals surface area contributed by atoms with E-state index in [0.29, 0.717) is 13.1 Å². The van der Waals surface area contributed by atoms with Crippen LogP contribution in [0.3, 0.4) is 0 Å². The van der Waals surface area contributed by atoms with Crippen LogP contribution in [0.1, 0.15) is 29.8 Å². The molecule has 1 aromatic heterocycles. The van der Waals surface area contributed by atoms with E-state index in [0.717, 1.165) is 30.8 Å². The van der Waals surface area contributed by atoms with Gasteiger partial charge >= 0.3 is 0 Å². The minimum atomic E-state index is -0.525. The molecule has 3 rings (SSSR count). The number of hydrogen-bond acceptors (Lipinski definition) is 2. The highest BCUT2D eigenvalue weighted by atomic mass is 19.1. The van der Waals surface area contributed by atoms with Crippen molar-refractivity contribution >= 4 is 5.91 Å². The lowest BCUT2D eigenvalue weighted by Crippen LogP contribution is -2.39. The van der Waals surface area contributed by atoms with Crippen LogP contribution in [0.4, 0.5) is 8.78 Å². The summed E-state index contributed by atoms with van der Waals surface area (Å²) in [5.41, 5.74) is 0.367. The highest BCUT2D eigenvalue weighted by Crippen LogP contribution is 2.22. The molecule has 128 valence electrons. The first-order chi connectivity index (χ1) is 11.5. The molecule has 1 aromatic carbocycles. The van der Waals surface area contributed by atoms with Gasteiger partial charge in [-0.05, 0) is 44.4 Å². The fourth-order valence-electron chi connectivity index (χ4n) is 3.26. The molecule has 0 radical (unpaired) electrons. The molecule has 1 unspecified atom stereocenters. The Morgan fingerprint density at radius 2 is 2.08 bits per heavy atom. The van der Waals surface area contributed by atoms with Gasteiger partial charge in [-0.15, -0.1) is 0 Å².